The van der Waals surface area contributed by atoms with E-state index in [1.807, 2.05) is 0 Å². The monoisotopic (exact) mass is 418 g/mol. The molecule has 1 aliphatic carbocycles. The molecule has 1 aromatic carbocycles. The molecule has 0 aromatic heterocycles. The van der Waals surface area contributed by atoms with Gasteiger partial charge in [0.05, 0.1) is 0 Å². The Morgan fingerprint density at radius 2 is 1.47 bits per heavy atom. The number of hydrogen-bond acceptors (Lipinski definition) is 4. The highest BCUT2D eigenvalue weighted by Crippen LogP contribution is 2.35. The number of carboxylic acid groups (broad SMARTS) is 2. The number of carboxylic acids is 2. The average molecular weight is 419 g/mol. The van der Waals surface area contributed by atoms with Crippen molar-refractivity contribution in [1.29, 1.82) is 0 Å². The SMILES string of the molecule is O=C(O)C(=O)O.c1ccc(C(CNCCN2CCCCCC2)C2CCCCC2)cc1. The van der Waals surface area contributed by atoms with Crippen LogP contribution in [0.1, 0.15) is 69.3 Å². The van der Waals surface area contributed by atoms with Gasteiger partial charge in [0.2, 0.25) is 0 Å². The maximum Gasteiger partial charge on any atom is 0.414 e. The second kappa shape index (κ2) is 14.1. The smallest absolute Gasteiger partial charge is 0.414 e. The third kappa shape index (κ3) is 9.26. The fourth-order valence-corrected chi connectivity index (χ4v) is 4.65. The van der Waals surface area contributed by atoms with Gasteiger partial charge in [-0.15, -0.1) is 0 Å². The second-order valence-electron chi connectivity index (χ2n) is 8.49. The van der Waals surface area contributed by atoms with Crippen molar-refractivity contribution in [3.05, 3.63) is 35.9 Å². The number of nitrogens with one attached hydrogen (secondary N) is 1. The maximum absolute atomic E-state index is 9.10. The minimum atomic E-state index is -1.82. The van der Waals surface area contributed by atoms with Gasteiger partial charge in [-0.2, -0.15) is 0 Å². The predicted octanol–water partition coefficient (Wildman–Crippen LogP) is 3.97. The van der Waals surface area contributed by atoms with E-state index >= 15 is 0 Å². The van der Waals surface area contributed by atoms with Crippen LogP contribution in [-0.2, 0) is 9.59 Å². The van der Waals surface area contributed by atoms with E-state index in [9.17, 15) is 0 Å². The van der Waals surface area contributed by atoms with Crippen LogP contribution in [0, 0.1) is 5.92 Å². The van der Waals surface area contributed by atoms with E-state index in [1.54, 1.807) is 5.56 Å². The number of benzene rings is 1. The van der Waals surface area contributed by atoms with E-state index in [0.29, 0.717) is 5.92 Å². The summed E-state index contributed by atoms with van der Waals surface area (Å²) in [6.07, 6.45) is 12.8. The van der Waals surface area contributed by atoms with E-state index in [0.717, 1.165) is 19.0 Å². The first-order valence-electron chi connectivity index (χ1n) is 11.5. The average Bonchev–Trinajstić information content (AvgIpc) is 3.04. The van der Waals surface area contributed by atoms with Crippen LogP contribution in [0.2, 0.25) is 0 Å². The van der Waals surface area contributed by atoms with Gasteiger partial charge < -0.3 is 20.4 Å². The fourth-order valence-electron chi connectivity index (χ4n) is 4.65. The van der Waals surface area contributed by atoms with E-state index < -0.39 is 11.9 Å². The molecule has 1 saturated heterocycles. The molecule has 168 valence electrons. The van der Waals surface area contributed by atoms with E-state index in [2.05, 4.69) is 40.5 Å². The summed E-state index contributed by atoms with van der Waals surface area (Å²) in [6.45, 7) is 6.16. The van der Waals surface area contributed by atoms with E-state index in [4.69, 9.17) is 19.8 Å². The Bertz CT molecular complexity index is 597. The number of likely N-dealkylation sites (tertiary alicyclic amines) is 1. The Morgan fingerprint density at radius 1 is 0.900 bits per heavy atom. The zero-order valence-corrected chi connectivity index (χ0v) is 18.1. The first-order valence-corrected chi connectivity index (χ1v) is 11.5. The summed E-state index contributed by atoms with van der Waals surface area (Å²) in [6, 6.07) is 11.3. The summed E-state index contributed by atoms with van der Waals surface area (Å²) in [7, 11) is 0. The van der Waals surface area contributed by atoms with Crippen molar-refractivity contribution < 1.29 is 19.8 Å². The summed E-state index contributed by atoms with van der Waals surface area (Å²) in [4.78, 5) is 20.9. The van der Waals surface area contributed by atoms with Crippen molar-refractivity contribution in [1.82, 2.24) is 10.2 Å². The normalized spacial score (nSPS) is 19.2. The van der Waals surface area contributed by atoms with Gasteiger partial charge in [-0.25, -0.2) is 9.59 Å². The topological polar surface area (TPSA) is 89.9 Å². The molecule has 6 nitrogen and oxygen atoms in total. The lowest BCUT2D eigenvalue weighted by Gasteiger charge is -2.31. The molecule has 0 radical (unpaired) electrons. The van der Waals surface area contributed by atoms with Crippen molar-refractivity contribution in [3.8, 4) is 0 Å². The molecule has 0 amide bonds. The molecule has 3 N–H and O–H groups in total. The molecule has 1 heterocycles. The standard InChI is InChI=1S/C22H36N2.C2H2O4/c1-2-10-17-24(16-9-1)18-15-23-19-22(20-11-5-3-6-12-20)21-13-7-4-8-14-21;3-1(4)2(5)6/h3,5-6,11-12,21-23H,1-2,4,7-10,13-19H2;(H,3,4)(H,5,6). The molecular weight excluding hydrogens is 380 g/mol. The van der Waals surface area contributed by atoms with Crippen LogP contribution in [0.25, 0.3) is 0 Å². The lowest BCUT2D eigenvalue weighted by molar-refractivity contribution is -0.159. The Kier molecular flexibility index (Phi) is 11.5. The Labute approximate surface area is 180 Å². The van der Waals surface area contributed by atoms with Crippen LogP contribution in [0.15, 0.2) is 30.3 Å². The summed E-state index contributed by atoms with van der Waals surface area (Å²) in [5, 5.41) is 18.6. The van der Waals surface area contributed by atoms with Crippen molar-refractivity contribution >= 4 is 11.9 Å². The molecule has 0 bridgehead atoms. The molecule has 6 heteroatoms. The Hall–Kier alpha value is -1.92. The van der Waals surface area contributed by atoms with Gasteiger partial charge in [-0.3, -0.25) is 0 Å². The molecule has 2 aliphatic rings. The summed E-state index contributed by atoms with van der Waals surface area (Å²) in [5.41, 5.74) is 1.55. The number of nitrogens with zero attached hydrogens (tertiary/aromatic N) is 1. The largest absolute Gasteiger partial charge is 0.473 e. The highest BCUT2D eigenvalue weighted by molar-refractivity contribution is 6.27. The van der Waals surface area contributed by atoms with Crippen LogP contribution >= 0.6 is 0 Å². The van der Waals surface area contributed by atoms with Crippen molar-refractivity contribution in [3.63, 3.8) is 0 Å². The van der Waals surface area contributed by atoms with Gasteiger partial charge in [0, 0.05) is 19.6 Å². The summed E-state index contributed by atoms with van der Waals surface area (Å²) >= 11 is 0. The van der Waals surface area contributed by atoms with Gasteiger partial charge in [0.1, 0.15) is 0 Å². The quantitative estimate of drug-likeness (QED) is 0.459. The lowest BCUT2D eigenvalue weighted by Crippen LogP contribution is -2.35. The molecular formula is C24H38N2O4. The Morgan fingerprint density at radius 3 is 2.03 bits per heavy atom. The maximum atomic E-state index is 9.10. The highest BCUT2D eigenvalue weighted by Gasteiger charge is 2.24. The zero-order valence-electron chi connectivity index (χ0n) is 18.1. The molecule has 1 atom stereocenters. The van der Waals surface area contributed by atoms with Gasteiger partial charge in [-0.05, 0) is 56.2 Å². The van der Waals surface area contributed by atoms with Crippen LogP contribution in [0.3, 0.4) is 0 Å². The Balaban J connectivity index is 0.000000469. The molecule has 1 aromatic rings. The molecule has 1 aliphatic heterocycles. The predicted molar refractivity (Wildman–Crippen MR) is 119 cm³/mol. The van der Waals surface area contributed by atoms with Crippen LogP contribution < -0.4 is 5.32 Å². The lowest BCUT2D eigenvalue weighted by atomic mass is 9.77. The third-order valence-electron chi connectivity index (χ3n) is 6.30. The molecule has 0 spiro atoms. The van der Waals surface area contributed by atoms with E-state index in [1.165, 1.54) is 77.4 Å². The molecule has 1 saturated carbocycles. The van der Waals surface area contributed by atoms with Crippen LogP contribution in [0.5, 0.6) is 0 Å². The molecule has 2 fully saturated rings. The van der Waals surface area contributed by atoms with Crippen molar-refractivity contribution in [2.45, 2.75) is 63.7 Å². The molecule has 1 unspecified atom stereocenters. The zero-order chi connectivity index (χ0) is 21.6. The minimum absolute atomic E-state index is 0.704. The minimum Gasteiger partial charge on any atom is -0.473 e. The van der Waals surface area contributed by atoms with Crippen molar-refractivity contribution in [2.24, 2.45) is 5.92 Å². The first-order chi connectivity index (χ1) is 14.6. The highest BCUT2D eigenvalue weighted by atomic mass is 16.4. The summed E-state index contributed by atoms with van der Waals surface area (Å²) in [5.74, 6) is -2.06. The van der Waals surface area contributed by atoms with Crippen molar-refractivity contribution in [2.75, 3.05) is 32.7 Å². The number of aliphatic carboxylic acids is 2. The van der Waals surface area contributed by atoms with Crippen LogP contribution in [-0.4, -0.2) is 59.8 Å². The number of hydrogen-bond donors (Lipinski definition) is 3. The van der Waals surface area contributed by atoms with Crippen LogP contribution in [0.4, 0.5) is 0 Å². The van der Waals surface area contributed by atoms with Gasteiger partial charge >= 0.3 is 11.9 Å². The number of rotatable bonds is 7. The number of carbonyl (C=O) groups is 2. The molecule has 3 rings (SSSR count). The first kappa shape index (κ1) is 24.4. The van der Waals surface area contributed by atoms with Gasteiger partial charge in [-0.1, -0.05) is 62.4 Å². The van der Waals surface area contributed by atoms with E-state index in [-0.39, 0.29) is 0 Å². The summed E-state index contributed by atoms with van der Waals surface area (Å²) < 4.78 is 0. The fraction of sp³-hybridized carbons (Fsp3) is 0.667. The van der Waals surface area contributed by atoms with Gasteiger partial charge in [0.25, 0.3) is 0 Å². The third-order valence-corrected chi connectivity index (χ3v) is 6.30. The molecule has 30 heavy (non-hydrogen) atoms. The van der Waals surface area contributed by atoms with Gasteiger partial charge in [0.15, 0.2) is 0 Å². The second-order valence-corrected chi connectivity index (χ2v) is 8.49.